The van der Waals surface area contributed by atoms with Gasteiger partial charge >= 0.3 is 6.09 Å². The molecule has 9 heteroatoms. The van der Waals surface area contributed by atoms with E-state index in [1.54, 1.807) is 25.2 Å². The number of carbonyl (C=O) groups excluding carboxylic acids is 1. The normalized spacial score (nSPS) is 13.6. The van der Waals surface area contributed by atoms with Gasteiger partial charge in [0.1, 0.15) is 0 Å². The number of carbonyl (C=O) groups is 1. The Balaban J connectivity index is 1.44. The lowest BCUT2D eigenvalue weighted by atomic mass is 9.97. The lowest BCUT2D eigenvalue weighted by Gasteiger charge is -2.34. The van der Waals surface area contributed by atoms with Gasteiger partial charge < -0.3 is 19.9 Å². The van der Waals surface area contributed by atoms with Gasteiger partial charge in [0.05, 0.1) is 11.4 Å². The van der Waals surface area contributed by atoms with Gasteiger partial charge in [-0.15, -0.1) is 0 Å². The van der Waals surface area contributed by atoms with Crippen molar-refractivity contribution >= 4 is 40.7 Å². The summed E-state index contributed by atoms with van der Waals surface area (Å²) in [5.74, 6) is 0.479. The number of hydrogen-bond acceptors (Lipinski definition) is 7. The van der Waals surface area contributed by atoms with Gasteiger partial charge in [0.25, 0.3) is 0 Å². The summed E-state index contributed by atoms with van der Waals surface area (Å²) in [6.45, 7) is 12.3. The minimum Gasteiger partial charge on any atom is -0.391 e. The van der Waals surface area contributed by atoms with Crippen LogP contribution in [0.3, 0.4) is 0 Å². The number of nitrogens with one attached hydrogen (secondary N) is 1. The highest BCUT2D eigenvalue weighted by Crippen LogP contribution is 2.31. The summed E-state index contributed by atoms with van der Waals surface area (Å²) >= 11 is 6.20. The van der Waals surface area contributed by atoms with Crippen molar-refractivity contribution in [3.05, 3.63) is 87.9 Å². The molecular weight excluding hydrogens is 548 g/mol. The number of benzene rings is 3. The lowest BCUT2D eigenvalue weighted by Crippen LogP contribution is -2.44. The third-order valence-electron chi connectivity index (χ3n) is 8.03. The van der Waals surface area contributed by atoms with Crippen LogP contribution in [0.1, 0.15) is 22.3 Å². The zero-order valence-corrected chi connectivity index (χ0v) is 25.8. The molecule has 0 aliphatic carbocycles. The van der Waals surface area contributed by atoms with Crippen LogP contribution in [0.5, 0.6) is 5.88 Å². The number of nitrogens with zero attached hydrogens (tertiary/aromatic N) is 5. The Labute approximate surface area is 252 Å². The molecule has 0 saturated carbocycles. The predicted molar refractivity (Wildman–Crippen MR) is 172 cm³/mol. The van der Waals surface area contributed by atoms with Gasteiger partial charge in [0.2, 0.25) is 11.8 Å². The number of halogens is 1. The average Bonchev–Trinajstić information content (AvgIpc) is 2.97. The SMILES string of the molecule is Cc1ccc(Cl)cc1N(C)C(=O)Oc1cc(-c2ccc(C)c(C)c2C)nc(Nc2ccc(N3CCN(C)CC3)cc2)n1. The summed E-state index contributed by atoms with van der Waals surface area (Å²) in [7, 11) is 3.80. The highest BCUT2D eigenvalue weighted by atomic mass is 35.5. The van der Waals surface area contributed by atoms with Crippen molar-refractivity contribution in [1.29, 1.82) is 0 Å². The Morgan fingerprint density at radius 3 is 2.29 bits per heavy atom. The van der Waals surface area contributed by atoms with Crippen LogP contribution in [0.4, 0.5) is 27.8 Å². The Hall–Kier alpha value is -4.14. The van der Waals surface area contributed by atoms with Crippen molar-refractivity contribution < 1.29 is 9.53 Å². The minimum atomic E-state index is -0.579. The molecule has 8 nitrogen and oxygen atoms in total. The van der Waals surface area contributed by atoms with Gasteiger partial charge in [-0.3, -0.25) is 4.90 Å². The molecule has 4 aromatic rings. The second-order valence-electron chi connectivity index (χ2n) is 10.9. The van der Waals surface area contributed by atoms with E-state index in [4.69, 9.17) is 21.3 Å². The van der Waals surface area contributed by atoms with Gasteiger partial charge in [-0.1, -0.05) is 29.8 Å². The molecule has 1 aromatic heterocycles. The van der Waals surface area contributed by atoms with E-state index in [2.05, 4.69) is 66.1 Å². The van der Waals surface area contributed by atoms with Gasteiger partial charge in [-0.25, -0.2) is 9.78 Å². The number of anilines is 4. The molecule has 1 fully saturated rings. The number of aromatic nitrogens is 2. The van der Waals surface area contributed by atoms with Crippen LogP contribution >= 0.6 is 11.6 Å². The number of likely N-dealkylation sites (N-methyl/N-ethyl adjacent to an activating group) is 1. The molecule has 1 amide bonds. The molecule has 42 heavy (non-hydrogen) atoms. The first-order valence-electron chi connectivity index (χ1n) is 14.1. The van der Waals surface area contributed by atoms with Crippen LogP contribution in [0, 0.1) is 27.7 Å². The molecule has 218 valence electrons. The molecule has 3 aromatic carbocycles. The van der Waals surface area contributed by atoms with Crippen LogP contribution in [-0.2, 0) is 0 Å². The van der Waals surface area contributed by atoms with E-state index in [1.165, 1.54) is 21.7 Å². The van der Waals surface area contributed by atoms with Crippen molar-refractivity contribution in [2.75, 3.05) is 55.4 Å². The van der Waals surface area contributed by atoms with E-state index in [9.17, 15) is 4.79 Å². The number of amides is 1. The molecular formula is C33H37ClN6O2. The highest BCUT2D eigenvalue weighted by molar-refractivity contribution is 6.31. The third kappa shape index (κ3) is 6.50. The summed E-state index contributed by atoms with van der Waals surface area (Å²) in [4.78, 5) is 28.8. The Bertz CT molecular complexity index is 1600. The number of piperazine rings is 1. The van der Waals surface area contributed by atoms with Gasteiger partial charge in [0, 0.05) is 61.3 Å². The molecule has 2 heterocycles. The quantitative estimate of drug-likeness (QED) is 0.258. The van der Waals surface area contributed by atoms with Crippen molar-refractivity contribution in [2.45, 2.75) is 27.7 Å². The number of hydrogen-bond donors (Lipinski definition) is 1. The predicted octanol–water partition coefficient (Wildman–Crippen LogP) is 7.16. The maximum Gasteiger partial charge on any atom is 0.420 e. The zero-order valence-electron chi connectivity index (χ0n) is 25.0. The third-order valence-corrected chi connectivity index (χ3v) is 8.26. The van der Waals surface area contributed by atoms with Crippen molar-refractivity contribution in [1.82, 2.24) is 14.9 Å². The summed E-state index contributed by atoms with van der Waals surface area (Å²) in [5, 5.41) is 3.85. The first-order valence-corrected chi connectivity index (χ1v) is 14.5. The first kappa shape index (κ1) is 29.4. The van der Waals surface area contributed by atoms with E-state index < -0.39 is 6.09 Å². The van der Waals surface area contributed by atoms with Crippen molar-refractivity contribution in [3.63, 3.8) is 0 Å². The van der Waals surface area contributed by atoms with Gasteiger partial charge in [-0.05, 0) is 93.4 Å². The molecule has 1 aliphatic heterocycles. The van der Waals surface area contributed by atoms with E-state index in [0.717, 1.165) is 48.6 Å². The lowest BCUT2D eigenvalue weighted by molar-refractivity contribution is 0.207. The fourth-order valence-electron chi connectivity index (χ4n) is 5.05. The number of aryl methyl sites for hydroxylation is 2. The summed E-state index contributed by atoms with van der Waals surface area (Å²) in [6.07, 6.45) is -0.579. The molecule has 1 aliphatic rings. The fourth-order valence-corrected chi connectivity index (χ4v) is 5.22. The largest absolute Gasteiger partial charge is 0.420 e. The second-order valence-corrected chi connectivity index (χ2v) is 11.4. The van der Waals surface area contributed by atoms with E-state index in [-0.39, 0.29) is 5.88 Å². The van der Waals surface area contributed by atoms with Crippen LogP contribution in [0.2, 0.25) is 5.02 Å². The average molecular weight is 585 g/mol. The standard InChI is InChI=1S/C33H37ClN6O2/c1-21-8-14-28(24(4)23(21)3)29-20-31(42-33(41)39(6)30-19-25(34)9-7-22(30)2)37-32(36-29)35-26-10-12-27(13-11-26)40-17-15-38(5)16-18-40/h7-14,19-20H,15-18H2,1-6H3,(H,35,36,37). The van der Waals surface area contributed by atoms with E-state index in [1.807, 2.05) is 31.2 Å². The molecule has 5 rings (SSSR count). The number of ether oxygens (including phenoxy) is 1. The Morgan fingerprint density at radius 2 is 1.57 bits per heavy atom. The summed E-state index contributed by atoms with van der Waals surface area (Å²) in [6, 6.07) is 19.5. The minimum absolute atomic E-state index is 0.144. The zero-order chi connectivity index (χ0) is 30.0. The summed E-state index contributed by atoms with van der Waals surface area (Å²) in [5.41, 5.74) is 8.69. The van der Waals surface area contributed by atoms with E-state index >= 15 is 0 Å². The van der Waals surface area contributed by atoms with Crippen molar-refractivity contribution in [3.8, 4) is 17.1 Å². The fraction of sp³-hybridized carbons (Fsp3) is 0.303. The molecule has 0 bridgehead atoms. The van der Waals surface area contributed by atoms with E-state index in [0.29, 0.717) is 22.4 Å². The number of rotatable bonds is 6. The molecule has 1 N–H and O–H groups in total. The summed E-state index contributed by atoms with van der Waals surface area (Å²) < 4.78 is 5.81. The van der Waals surface area contributed by atoms with Gasteiger partial charge in [0.15, 0.2) is 0 Å². The van der Waals surface area contributed by atoms with Crippen LogP contribution in [0.25, 0.3) is 11.3 Å². The molecule has 0 radical (unpaired) electrons. The molecule has 0 atom stereocenters. The highest BCUT2D eigenvalue weighted by Gasteiger charge is 2.19. The van der Waals surface area contributed by atoms with Gasteiger partial charge in [-0.2, -0.15) is 4.98 Å². The monoisotopic (exact) mass is 584 g/mol. The maximum atomic E-state index is 13.2. The topological polar surface area (TPSA) is 73.8 Å². The first-order chi connectivity index (χ1) is 20.1. The van der Waals surface area contributed by atoms with Crippen molar-refractivity contribution in [2.24, 2.45) is 0 Å². The van der Waals surface area contributed by atoms with Crippen LogP contribution in [0.15, 0.2) is 60.7 Å². The molecule has 1 saturated heterocycles. The van der Waals surface area contributed by atoms with Crippen LogP contribution < -0.4 is 19.9 Å². The Kier molecular flexibility index (Phi) is 8.66. The molecule has 0 spiro atoms. The smallest absolute Gasteiger partial charge is 0.391 e. The van der Waals surface area contributed by atoms with Crippen LogP contribution in [-0.4, -0.2) is 61.2 Å². The Morgan fingerprint density at radius 1 is 0.881 bits per heavy atom. The second kappa shape index (κ2) is 12.4. The molecule has 0 unspecified atom stereocenters. The maximum absolute atomic E-state index is 13.2.